The smallest absolute Gasteiger partial charge is 0.411 e. The van der Waals surface area contributed by atoms with Crippen molar-refractivity contribution in [3.63, 3.8) is 0 Å². The standard InChI is InChI=1S/C23H26Cl3NO3/c1-12(2)16-6-8-17(9-7-16)18-10-30-21-14(4)13(3)20(15(5)19(18)21)27(22(28)29)11-23(24,25)26/h6-9,12,18H,10-11H2,1-5H3,(H,28,29). The summed E-state index contributed by atoms with van der Waals surface area (Å²) in [5.74, 6) is 1.30. The lowest BCUT2D eigenvalue weighted by molar-refractivity contribution is 0.202. The molecule has 1 aliphatic heterocycles. The van der Waals surface area contributed by atoms with Crippen LogP contribution in [0.25, 0.3) is 0 Å². The minimum absolute atomic E-state index is 0.0164. The van der Waals surface area contributed by atoms with Crippen molar-refractivity contribution in [2.24, 2.45) is 0 Å². The molecule has 1 N–H and O–H groups in total. The number of benzene rings is 2. The van der Waals surface area contributed by atoms with Gasteiger partial charge in [0.1, 0.15) is 5.75 Å². The first-order chi connectivity index (χ1) is 13.9. The summed E-state index contributed by atoms with van der Waals surface area (Å²) in [6.07, 6.45) is -1.16. The van der Waals surface area contributed by atoms with Crippen LogP contribution in [0, 0.1) is 20.8 Å². The topological polar surface area (TPSA) is 49.8 Å². The van der Waals surface area contributed by atoms with Crippen LogP contribution in [-0.2, 0) is 0 Å². The molecule has 3 rings (SSSR count). The first-order valence-electron chi connectivity index (χ1n) is 9.85. The van der Waals surface area contributed by atoms with Gasteiger partial charge in [-0.25, -0.2) is 4.79 Å². The predicted molar refractivity (Wildman–Crippen MR) is 124 cm³/mol. The molecule has 0 saturated heterocycles. The molecule has 2 aromatic rings. The van der Waals surface area contributed by atoms with Gasteiger partial charge in [0.2, 0.25) is 3.79 Å². The van der Waals surface area contributed by atoms with E-state index in [0.717, 1.165) is 38.5 Å². The van der Waals surface area contributed by atoms with Crippen molar-refractivity contribution in [3.8, 4) is 5.75 Å². The number of halogens is 3. The highest BCUT2D eigenvalue weighted by molar-refractivity contribution is 6.68. The van der Waals surface area contributed by atoms with Gasteiger partial charge in [0.15, 0.2) is 0 Å². The SMILES string of the molecule is Cc1c(C)c(N(CC(Cl)(Cl)Cl)C(=O)O)c(C)c2c1OCC2c1ccc(C(C)C)cc1. The molecular weight excluding hydrogens is 445 g/mol. The molecule has 1 amide bonds. The van der Waals surface area contributed by atoms with Gasteiger partial charge in [0.25, 0.3) is 0 Å². The summed E-state index contributed by atoms with van der Waals surface area (Å²) in [4.78, 5) is 13.2. The van der Waals surface area contributed by atoms with Crippen LogP contribution in [0.15, 0.2) is 24.3 Å². The second-order valence-corrected chi connectivity index (χ2v) is 10.7. The van der Waals surface area contributed by atoms with Crippen molar-refractivity contribution in [1.29, 1.82) is 0 Å². The summed E-state index contributed by atoms with van der Waals surface area (Å²) < 4.78 is 4.36. The Hall–Kier alpha value is -1.62. The minimum atomic E-state index is -1.73. The maximum absolute atomic E-state index is 12.1. The van der Waals surface area contributed by atoms with Crippen molar-refractivity contribution < 1.29 is 14.6 Å². The first kappa shape index (κ1) is 23.1. The number of hydrogen-bond donors (Lipinski definition) is 1. The molecule has 0 saturated carbocycles. The lowest BCUT2D eigenvalue weighted by atomic mass is 9.85. The Morgan fingerprint density at radius 3 is 2.23 bits per heavy atom. The lowest BCUT2D eigenvalue weighted by Gasteiger charge is -2.29. The third-order valence-corrected chi connectivity index (χ3v) is 6.21. The lowest BCUT2D eigenvalue weighted by Crippen LogP contribution is -2.38. The molecule has 0 radical (unpaired) electrons. The highest BCUT2D eigenvalue weighted by Crippen LogP contribution is 2.48. The molecule has 0 bridgehead atoms. The van der Waals surface area contributed by atoms with Gasteiger partial charge in [-0.05, 0) is 54.5 Å². The van der Waals surface area contributed by atoms with Gasteiger partial charge >= 0.3 is 6.09 Å². The predicted octanol–water partition coefficient (Wildman–Crippen LogP) is 7.11. The second-order valence-electron chi connectivity index (χ2n) is 8.14. The molecule has 2 aromatic carbocycles. The highest BCUT2D eigenvalue weighted by Gasteiger charge is 2.36. The second kappa shape index (κ2) is 8.49. The van der Waals surface area contributed by atoms with Crippen LogP contribution in [0.3, 0.4) is 0 Å². The fourth-order valence-corrected chi connectivity index (χ4v) is 4.55. The van der Waals surface area contributed by atoms with Gasteiger partial charge in [-0.15, -0.1) is 0 Å². The van der Waals surface area contributed by atoms with E-state index in [1.54, 1.807) is 0 Å². The number of carbonyl (C=O) groups is 1. The molecule has 0 aliphatic carbocycles. The van der Waals surface area contributed by atoms with Crippen LogP contribution in [0.2, 0.25) is 0 Å². The zero-order valence-corrected chi connectivity index (χ0v) is 20.0. The summed E-state index contributed by atoms with van der Waals surface area (Å²) in [5, 5.41) is 9.86. The number of hydrogen-bond acceptors (Lipinski definition) is 2. The molecular formula is C23H26Cl3NO3. The van der Waals surface area contributed by atoms with E-state index < -0.39 is 9.89 Å². The quantitative estimate of drug-likeness (QED) is 0.484. The van der Waals surface area contributed by atoms with E-state index >= 15 is 0 Å². The van der Waals surface area contributed by atoms with Gasteiger partial charge in [-0.3, -0.25) is 4.90 Å². The van der Waals surface area contributed by atoms with Crippen molar-refractivity contribution in [3.05, 3.63) is 57.6 Å². The van der Waals surface area contributed by atoms with E-state index in [1.165, 1.54) is 5.56 Å². The molecule has 1 atom stereocenters. The molecule has 0 aromatic heterocycles. The number of anilines is 1. The van der Waals surface area contributed by atoms with Crippen molar-refractivity contribution in [2.75, 3.05) is 18.1 Å². The highest BCUT2D eigenvalue weighted by atomic mass is 35.6. The normalized spacial score (nSPS) is 15.8. The molecule has 30 heavy (non-hydrogen) atoms. The number of rotatable bonds is 4. The summed E-state index contributed by atoms with van der Waals surface area (Å²) in [6, 6.07) is 8.54. The number of amides is 1. The fourth-order valence-electron chi connectivity index (χ4n) is 4.19. The molecule has 7 heteroatoms. The Kier molecular flexibility index (Phi) is 6.52. The summed E-state index contributed by atoms with van der Waals surface area (Å²) in [7, 11) is 0. The third-order valence-electron chi connectivity index (χ3n) is 5.85. The first-order valence-corrected chi connectivity index (χ1v) is 11.0. The molecule has 162 valence electrons. The Balaban J connectivity index is 2.15. The van der Waals surface area contributed by atoms with E-state index in [-0.39, 0.29) is 12.5 Å². The van der Waals surface area contributed by atoms with Gasteiger partial charge in [0.05, 0.1) is 18.8 Å². The van der Waals surface area contributed by atoms with Gasteiger partial charge < -0.3 is 9.84 Å². The van der Waals surface area contributed by atoms with E-state index in [9.17, 15) is 9.90 Å². The fraction of sp³-hybridized carbons (Fsp3) is 0.435. The van der Waals surface area contributed by atoms with Gasteiger partial charge in [-0.1, -0.05) is 72.9 Å². The van der Waals surface area contributed by atoms with Crippen LogP contribution >= 0.6 is 34.8 Å². The number of fused-ring (bicyclic) bond motifs is 1. The average molecular weight is 471 g/mol. The van der Waals surface area contributed by atoms with Crippen LogP contribution in [-0.4, -0.2) is 28.1 Å². The Labute approximate surface area is 192 Å². The molecule has 1 aliphatic rings. The number of nitrogens with zero attached hydrogens (tertiary/aromatic N) is 1. The average Bonchev–Trinajstić information content (AvgIpc) is 3.10. The summed E-state index contributed by atoms with van der Waals surface area (Å²) in [6.45, 7) is 10.3. The summed E-state index contributed by atoms with van der Waals surface area (Å²) in [5.41, 5.74) is 6.51. The van der Waals surface area contributed by atoms with Gasteiger partial charge in [-0.2, -0.15) is 0 Å². The zero-order valence-electron chi connectivity index (χ0n) is 17.7. The van der Waals surface area contributed by atoms with Crippen molar-refractivity contribution >= 4 is 46.6 Å². The van der Waals surface area contributed by atoms with E-state index in [4.69, 9.17) is 39.5 Å². The Morgan fingerprint density at radius 2 is 1.73 bits per heavy atom. The Bertz CT molecular complexity index is 965. The van der Waals surface area contributed by atoms with E-state index in [1.807, 2.05) is 20.8 Å². The van der Waals surface area contributed by atoms with Gasteiger partial charge in [0, 0.05) is 11.5 Å². The number of carboxylic acid groups (broad SMARTS) is 1. The molecule has 0 spiro atoms. The number of ether oxygens (including phenoxy) is 1. The maximum atomic E-state index is 12.1. The third kappa shape index (κ3) is 4.37. The van der Waals surface area contributed by atoms with E-state index in [0.29, 0.717) is 18.2 Å². The van der Waals surface area contributed by atoms with E-state index in [2.05, 4.69) is 38.1 Å². The monoisotopic (exact) mass is 469 g/mol. The van der Waals surface area contributed by atoms with Crippen molar-refractivity contribution in [1.82, 2.24) is 0 Å². The molecule has 0 fully saturated rings. The largest absolute Gasteiger partial charge is 0.492 e. The number of alkyl halides is 3. The molecule has 1 unspecified atom stereocenters. The maximum Gasteiger partial charge on any atom is 0.411 e. The van der Waals surface area contributed by atoms with Crippen molar-refractivity contribution in [2.45, 2.75) is 50.2 Å². The van der Waals surface area contributed by atoms with Crippen LogP contribution in [0.5, 0.6) is 5.75 Å². The zero-order chi connectivity index (χ0) is 22.4. The van der Waals surface area contributed by atoms with Crippen LogP contribution in [0.1, 0.15) is 59.1 Å². The summed E-state index contributed by atoms with van der Waals surface area (Å²) >= 11 is 17.8. The minimum Gasteiger partial charge on any atom is -0.492 e. The molecule has 1 heterocycles. The van der Waals surface area contributed by atoms with Crippen LogP contribution < -0.4 is 9.64 Å². The Morgan fingerprint density at radius 1 is 1.13 bits per heavy atom. The molecule has 4 nitrogen and oxygen atoms in total. The van der Waals surface area contributed by atoms with Crippen LogP contribution in [0.4, 0.5) is 10.5 Å².